The van der Waals surface area contributed by atoms with Gasteiger partial charge in [-0.15, -0.1) is 0 Å². The maximum absolute atomic E-state index is 14.3. The van der Waals surface area contributed by atoms with Gasteiger partial charge in [-0.1, -0.05) is 35.1 Å². The molecule has 0 bridgehead atoms. The number of phenols is 1. The lowest BCUT2D eigenvalue weighted by Crippen LogP contribution is -2.68. The van der Waals surface area contributed by atoms with Gasteiger partial charge in [-0.2, -0.15) is 4.98 Å². The van der Waals surface area contributed by atoms with E-state index >= 15 is 0 Å². The third-order valence-electron chi connectivity index (χ3n) is 16.5. The van der Waals surface area contributed by atoms with Crippen molar-refractivity contribution < 1.29 is 121 Å². The number of pyridine rings is 1. The summed E-state index contributed by atoms with van der Waals surface area (Å²) in [5.41, 5.74) is 6.47. The molecule has 3 unspecified atom stereocenters. The minimum Gasteiger partial charge on any atom is -0.508 e. The number of hydrogen-bond acceptors (Lipinski definition) is 31. The van der Waals surface area contributed by atoms with E-state index in [0.717, 1.165) is 15.8 Å². The molecule has 37 nitrogen and oxygen atoms in total. The van der Waals surface area contributed by atoms with Crippen molar-refractivity contribution in [2.45, 2.75) is 84.7 Å². The molecule has 6 heterocycles. The number of aliphatic hydroxyl groups is 6. The van der Waals surface area contributed by atoms with E-state index in [1.807, 2.05) is 12.1 Å². The number of phosphoric acid groups is 1. The van der Waals surface area contributed by atoms with Crippen LogP contribution in [0.2, 0.25) is 0 Å². The summed E-state index contributed by atoms with van der Waals surface area (Å²) >= 11 is 0. The Morgan fingerprint density at radius 1 is 0.827 bits per heavy atom. The van der Waals surface area contributed by atoms with Crippen molar-refractivity contribution in [2.75, 3.05) is 110 Å². The van der Waals surface area contributed by atoms with E-state index < -0.39 is 162 Å². The first-order valence-electron chi connectivity index (χ1n) is 32.2. The number of phenolic OH excluding ortho intramolecular Hbond substituents is 1. The lowest BCUT2D eigenvalue weighted by molar-refractivity contribution is -0.289. The second-order valence-electron chi connectivity index (χ2n) is 23.8. The number of aliphatic hydroxyl groups excluding tert-OH is 6. The zero-order valence-electron chi connectivity index (χ0n) is 55.2. The highest BCUT2D eigenvalue weighted by Crippen LogP contribution is 2.52. The van der Waals surface area contributed by atoms with Crippen LogP contribution in [0.1, 0.15) is 29.4 Å². The first-order valence-corrected chi connectivity index (χ1v) is 36.1. The minimum absolute atomic E-state index is 0.00165. The minimum atomic E-state index is -5.77. The van der Waals surface area contributed by atoms with E-state index in [2.05, 4.69) is 31.2 Å². The van der Waals surface area contributed by atoms with E-state index in [0.29, 0.717) is 33.4 Å². The molecule has 0 radical (unpaired) electrons. The Bertz CT molecular complexity index is 4140. The molecule has 9 rings (SSSR count). The first-order chi connectivity index (χ1) is 49.7. The summed E-state index contributed by atoms with van der Waals surface area (Å²) in [5.74, 6) is -9.04. The van der Waals surface area contributed by atoms with Crippen LogP contribution >= 0.6 is 29.4 Å². The summed E-state index contributed by atoms with van der Waals surface area (Å²) in [6, 6.07) is 19.2. The Balaban J connectivity index is 0.768. The number of carbonyl (C=O) groups excluding carboxylic acids is 6. The molecule has 5 aliphatic rings. The van der Waals surface area contributed by atoms with Crippen LogP contribution in [0, 0.1) is 0 Å². The molecule has 12 atom stereocenters. The zero-order chi connectivity index (χ0) is 74.8. The van der Waals surface area contributed by atoms with Gasteiger partial charge in [0.1, 0.15) is 77.8 Å². The smallest absolute Gasteiger partial charge is 0.475 e. The van der Waals surface area contributed by atoms with Gasteiger partial charge >= 0.3 is 19.5 Å². The number of piperazine rings is 1. The number of nitrogen functional groups attached to an aromatic ring is 1. The van der Waals surface area contributed by atoms with Gasteiger partial charge in [-0.3, -0.25) is 48.0 Å². The van der Waals surface area contributed by atoms with Gasteiger partial charge in [0.25, 0.3) is 11.7 Å². The summed E-state index contributed by atoms with van der Waals surface area (Å²) in [5, 5.41) is 95.8. The fraction of sp³-hybridized carbons (Fsp3) is 0.453. The van der Waals surface area contributed by atoms with Gasteiger partial charge in [0.15, 0.2) is 17.4 Å². The number of benzene rings is 3. The Kier molecular flexibility index (Phi) is 28.4. The number of fused-ring (bicyclic) bond motifs is 2. The molecule has 0 spiro atoms. The molecule has 5 amide bonds. The Labute approximate surface area is 598 Å². The van der Waals surface area contributed by atoms with Crippen molar-refractivity contribution in [3.8, 4) is 28.2 Å². The largest absolute Gasteiger partial charge is 0.508 e. The monoisotopic (exact) mass is 1510 g/mol. The molecule has 40 heteroatoms. The number of carbonyl (C=O) groups is 7. The van der Waals surface area contributed by atoms with E-state index in [9.17, 15) is 93.5 Å². The van der Waals surface area contributed by atoms with Crippen molar-refractivity contribution >= 4 is 87.5 Å². The number of carboxylic acid groups (broad SMARTS) is 1. The standard InChI is InChI=1S/C64H77N10O27PS2/c65-48-12-16-74(63(91)70-48)61-58(87)57(86)47(99-61)33-97-102(92,93)101-64(62(89)90)27-42(78)55(59(100-64)56(85)43(79)30-75)71-51(83)29-69-50(82)28-68-41(31-95-23-22-94-21-15-66-49(81)13-24-103-104-52-7-3-4-14-67-52)44(80)32-96-34-53(84)72-17-19-73(20-18-72)60(88)38-6-2-1-5-37(38)54-39-10-8-35(76)25-45(39)98-46-26-36(77)9-11-40(46)54/h1-12,14,16,25-26,41-43,47,55-59,61,68,75-76,78-79,85-87H,13,15,17-24,27-34H2,(H,66,81)(H,69,82)(H,71,83)(H,89,90)(H,92,93)(H2,65,70,91)/t41?,42-,43+,47+,55+,56+,57+,58+,59+,61+,64?/m0/s1. The first kappa shape index (κ1) is 79.7. The number of Topliss-reactive ketones (excluding diaryl/α,β-unsaturated/α-hetero) is 1. The van der Waals surface area contributed by atoms with Crippen LogP contribution in [-0.2, 0) is 66.1 Å². The highest BCUT2D eigenvalue weighted by atomic mass is 33.1. The van der Waals surface area contributed by atoms with Gasteiger partial charge in [0.05, 0.1) is 70.9 Å². The highest BCUT2D eigenvalue weighted by molar-refractivity contribution is 8.76. The van der Waals surface area contributed by atoms with Crippen LogP contribution < -0.4 is 38.1 Å². The molecule has 3 fully saturated rings. The average Bonchev–Trinajstić information content (AvgIpc) is 0.901. The topological polar surface area (TPSA) is 542 Å². The van der Waals surface area contributed by atoms with Crippen molar-refractivity contribution in [2.24, 2.45) is 0 Å². The number of hydrogen-bond donors (Lipinski definition) is 14. The number of carboxylic acids is 1. The Morgan fingerprint density at radius 2 is 1.58 bits per heavy atom. The van der Waals surface area contributed by atoms with E-state index in [1.165, 1.54) is 56.8 Å². The Morgan fingerprint density at radius 3 is 2.32 bits per heavy atom. The molecule has 4 aliphatic heterocycles. The fourth-order valence-corrected chi connectivity index (χ4v) is 14.1. The zero-order valence-corrected chi connectivity index (χ0v) is 57.7. The van der Waals surface area contributed by atoms with Gasteiger partial charge in [-0.05, 0) is 64.9 Å². The lowest BCUT2D eigenvalue weighted by Gasteiger charge is -2.46. The van der Waals surface area contributed by atoms with E-state index in [-0.39, 0.29) is 99.1 Å². The lowest BCUT2D eigenvalue weighted by atomic mass is 9.88. The second kappa shape index (κ2) is 37.0. The summed E-state index contributed by atoms with van der Waals surface area (Å²) in [6.07, 6.45) is -14.6. The van der Waals surface area contributed by atoms with Crippen molar-refractivity contribution in [1.82, 2.24) is 45.6 Å². The van der Waals surface area contributed by atoms with Crippen LogP contribution in [0.25, 0.3) is 33.4 Å². The van der Waals surface area contributed by atoms with E-state index in [1.54, 1.807) is 53.6 Å². The van der Waals surface area contributed by atoms with Gasteiger partial charge in [0.2, 0.25) is 23.6 Å². The molecule has 562 valence electrons. The fourth-order valence-electron chi connectivity index (χ4n) is 11.2. The second-order valence-corrected chi connectivity index (χ2v) is 27.6. The van der Waals surface area contributed by atoms with E-state index in [4.69, 9.17) is 42.9 Å². The van der Waals surface area contributed by atoms with Crippen LogP contribution in [0.15, 0.2) is 116 Å². The van der Waals surface area contributed by atoms with Gasteiger partial charge < -0.3 is 105 Å². The van der Waals surface area contributed by atoms with Crippen molar-refractivity contribution in [1.29, 1.82) is 0 Å². The Hall–Kier alpha value is -8.42. The van der Waals surface area contributed by atoms with Crippen molar-refractivity contribution in [3.63, 3.8) is 0 Å². The number of rotatable bonds is 36. The number of anilines is 1. The number of aliphatic carboxylic acids is 1. The number of nitrogens with zero attached hydrogens (tertiary/aromatic N) is 5. The SMILES string of the molecule is Nc1ccn([C@@H]2O[C@H](COP(=O)(O)OC3(C(=O)O)C[C@H](O)[C@@H](NC(=O)CNC(=O)CNC(COCCOCCNC(=O)CCSSc4ccccn4)C(=O)COCC(=O)N4CCN(C(=O)c5ccccc5-c5c6ccc(=O)cc-6oc6cc(O)ccc56)CC4)[C@H]([C@H](O)[C@H](O)CO)O3)[C@@H](O)[C@H]2O)c(=O)n1. The number of aromatic hydroxyl groups is 1. The number of amides is 5. The van der Waals surface area contributed by atoms with Gasteiger partial charge in [0, 0.05) is 97.9 Å². The summed E-state index contributed by atoms with van der Waals surface area (Å²) < 4.78 is 57.8. The van der Waals surface area contributed by atoms with Gasteiger partial charge in [-0.25, -0.2) is 23.7 Å². The van der Waals surface area contributed by atoms with Crippen LogP contribution in [0.3, 0.4) is 0 Å². The molecule has 104 heavy (non-hydrogen) atoms. The maximum atomic E-state index is 14.3. The molecule has 2 aromatic carbocycles. The molecule has 2 aromatic heterocycles. The maximum Gasteiger partial charge on any atom is 0.475 e. The number of nitrogens with two attached hydrogens (primary N) is 1. The average molecular weight is 1510 g/mol. The van der Waals surface area contributed by atoms with Crippen LogP contribution in [-0.4, -0.2) is 276 Å². The number of phosphoric ester groups is 1. The molecule has 15 N–H and O–H groups in total. The summed E-state index contributed by atoms with van der Waals surface area (Å²) in [6.45, 7) is -5.04. The highest BCUT2D eigenvalue weighted by Gasteiger charge is 2.59. The van der Waals surface area contributed by atoms with Crippen LogP contribution in [0.5, 0.6) is 5.75 Å². The third kappa shape index (κ3) is 21.0. The van der Waals surface area contributed by atoms with Crippen molar-refractivity contribution in [3.05, 3.63) is 124 Å². The predicted molar refractivity (Wildman–Crippen MR) is 364 cm³/mol. The third-order valence-corrected chi connectivity index (χ3v) is 19.8. The molecule has 0 saturated carbocycles. The molecule has 1 aliphatic carbocycles. The molecular formula is C64H77N10O27PS2. The summed E-state index contributed by atoms with van der Waals surface area (Å²) in [7, 11) is -2.85. The van der Waals surface area contributed by atoms with Crippen LogP contribution in [0.4, 0.5) is 5.82 Å². The molecular weight excluding hydrogens is 1440 g/mol. The summed E-state index contributed by atoms with van der Waals surface area (Å²) in [4.78, 5) is 140. The number of ketones is 1. The number of aromatic nitrogens is 3. The molecule has 3 saturated heterocycles. The number of nitrogens with one attached hydrogen (secondary N) is 4. The quantitative estimate of drug-likeness (QED) is 0.00824. The normalized spacial score (nSPS) is 21.9. The molecule has 4 aromatic rings. The predicted octanol–water partition coefficient (Wildman–Crippen LogP) is -2.69. The number of ether oxygens (including phenoxy) is 5.